The molecule has 1 unspecified atom stereocenters. The number of carbonyl (C=O) groups is 1. The Kier molecular flexibility index (Phi) is 5.41. The molecule has 0 N–H and O–H groups in total. The van der Waals surface area contributed by atoms with Crippen molar-refractivity contribution in [1.29, 1.82) is 0 Å². The number of benzene rings is 1. The Bertz CT molecular complexity index is 738. The zero-order chi connectivity index (χ0) is 17.8. The smallest absolute Gasteiger partial charge is 0.227 e. The van der Waals surface area contributed by atoms with Gasteiger partial charge in [-0.3, -0.25) is 9.48 Å². The summed E-state index contributed by atoms with van der Waals surface area (Å²) in [6.07, 6.45) is 6.42. The lowest BCUT2D eigenvalue weighted by atomic mass is 9.91. The molecule has 0 bridgehead atoms. The molecule has 1 atom stereocenters. The number of hydrogen-bond acceptors (Lipinski definition) is 3. The Morgan fingerprint density at radius 3 is 3.08 bits per heavy atom. The maximum Gasteiger partial charge on any atom is 0.227 e. The quantitative estimate of drug-likeness (QED) is 0.810. The summed E-state index contributed by atoms with van der Waals surface area (Å²) in [5.74, 6) is 0.969. The lowest BCUT2D eigenvalue weighted by Gasteiger charge is -2.31. The zero-order valence-electron chi connectivity index (χ0n) is 15.4. The Morgan fingerprint density at radius 1 is 1.44 bits per heavy atom. The van der Waals surface area contributed by atoms with Gasteiger partial charge in [-0.25, -0.2) is 0 Å². The fraction of sp³-hybridized carbons (Fsp3) is 0.500. The normalized spacial score (nSPS) is 16.4. The van der Waals surface area contributed by atoms with Crippen molar-refractivity contribution in [2.24, 2.45) is 7.05 Å². The third-order valence-electron chi connectivity index (χ3n) is 4.93. The summed E-state index contributed by atoms with van der Waals surface area (Å²) in [4.78, 5) is 14.7. The van der Waals surface area contributed by atoms with Crippen LogP contribution in [0.3, 0.4) is 0 Å². The molecule has 1 amide bonds. The number of amides is 1. The summed E-state index contributed by atoms with van der Waals surface area (Å²) in [7, 11) is 3.89. The molecule has 1 aromatic heterocycles. The van der Waals surface area contributed by atoms with Crippen molar-refractivity contribution < 1.29 is 9.53 Å². The lowest BCUT2D eigenvalue weighted by molar-refractivity contribution is -0.131. The first-order valence-electron chi connectivity index (χ1n) is 9.08. The molecule has 1 heterocycles. The number of carbonyl (C=O) groups excluding carboxylic acids is 1. The summed E-state index contributed by atoms with van der Waals surface area (Å²) in [6.45, 7) is 2.78. The minimum absolute atomic E-state index is 0.129. The van der Waals surface area contributed by atoms with E-state index >= 15 is 0 Å². The first-order chi connectivity index (χ1) is 12.1. The van der Waals surface area contributed by atoms with Crippen LogP contribution in [0.4, 0.5) is 0 Å². The Hall–Kier alpha value is -2.30. The molecular weight excluding hydrogens is 314 g/mol. The second-order valence-corrected chi connectivity index (χ2v) is 6.76. The van der Waals surface area contributed by atoms with Gasteiger partial charge >= 0.3 is 0 Å². The third kappa shape index (κ3) is 3.86. The Morgan fingerprint density at radius 2 is 2.28 bits per heavy atom. The second kappa shape index (κ2) is 7.72. The van der Waals surface area contributed by atoms with Crippen LogP contribution < -0.4 is 4.74 Å². The van der Waals surface area contributed by atoms with E-state index in [9.17, 15) is 4.79 Å². The fourth-order valence-electron chi connectivity index (χ4n) is 3.52. The van der Waals surface area contributed by atoms with Crippen LogP contribution in [0.5, 0.6) is 5.75 Å². The molecule has 2 aromatic rings. The zero-order valence-corrected chi connectivity index (χ0v) is 15.4. The van der Waals surface area contributed by atoms with E-state index in [1.54, 1.807) is 0 Å². The minimum atomic E-state index is 0.129. The average molecular weight is 341 g/mol. The predicted octanol–water partition coefficient (Wildman–Crippen LogP) is 3.29. The van der Waals surface area contributed by atoms with E-state index in [4.69, 9.17) is 4.74 Å². The van der Waals surface area contributed by atoms with Gasteiger partial charge in [-0.05, 0) is 43.4 Å². The molecule has 1 aliphatic rings. The molecule has 1 aromatic carbocycles. The van der Waals surface area contributed by atoms with Crippen molar-refractivity contribution in [2.75, 3.05) is 13.7 Å². The second-order valence-electron chi connectivity index (χ2n) is 6.76. The van der Waals surface area contributed by atoms with E-state index in [0.29, 0.717) is 13.0 Å². The molecule has 0 aliphatic heterocycles. The van der Waals surface area contributed by atoms with Gasteiger partial charge in [0.1, 0.15) is 5.75 Å². The minimum Gasteiger partial charge on any atom is -0.494 e. The molecule has 25 heavy (non-hydrogen) atoms. The Balaban J connectivity index is 1.69. The maximum absolute atomic E-state index is 12.8. The largest absolute Gasteiger partial charge is 0.494 e. The first-order valence-corrected chi connectivity index (χ1v) is 9.08. The van der Waals surface area contributed by atoms with Crippen molar-refractivity contribution in [3.63, 3.8) is 0 Å². The van der Waals surface area contributed by atoms with E-state index in [0.717, 1.165) is 37.0 Å². The van der Waals surface area contributed by atoms with E-state index in [2.05, 4.69) is 12.0 Å². The molecule has 0 radical (unpaired) electrons. The SMILES string of the molecule is CCCOc1cccc(CC(=O)N(C)C2CCCc3c2cnn3C)c1. The van der Waals surface area contributed by atoms with Gasteiger partial charge in [0.25, 0.3) is 0 Å². The number of aromatic nitrogens is 2. The highest BCUT2D eigenvalue weighted by molar-refractivity contribution is 5.79. The molecule has 0 saturated heterocycles. The molecule has 0 fully saturated rings. The van der Waals surface area contributed by atoms with E-state index in [1.165, 1.54) is 11.3 Å². The van der Waals surface area contributed by atoms with Crippen LogP contribution in [0.15, 0.2) is 30.5 Å². The summed E-state index contributed by atoms with van der Waals surface area (Å²) >= 11 is 0. The van der Waals surface area contributed by atoms with Crippen molar-refractivity contribution in [1.82, 2.24) is 14.7 Å². The van der Waals surface area contributed by atoms with Crippen molar-refractivity contribution in [3.8, 4) is 5.75 Å². The molecule has 5 nitrogen and oxygen atoms in total. The van der Waals surface area contributed by atoms with Crippen molar-refractivity contribution in [3.05, 3.63) is 47.3 Å². The van der Waals surface area contributed by atoms with Crippen LogP contribution in [0.25, 0.3) is 0 Å². The van der Waals surface area contributed by atoms with Crippen LogP contribution in [0, 0.1) is 0 Å². The van der Waals surface area contributed by atoms with Gasteiger partial charge in [-0.2, -0.15) is 5.10 Å². The number of fused-ring (bicyclic) bond motifs is 1. The number of rotatable bonds is 6. The fourth-order valence-corrected chi connectivity index (χ4v) is 3.52. The van der Waals surface area contributed by atoms with Crippen LogP contribution in [0.1, 0.15) is 49.0 Å². The highest BCUT2D eigenvalue weighted by Gasteiger charge is 2.29. The summed E-state index contributed by atoms with van der Waals surface area (Å²) in [5, 5.41) is 4.38. The molecule has 134 valence electrons. The van der Waals surface area contributed by atoms with Crippen LogP contribution >= 0.6 is 0 Å². The van der Waals surface area contributed by atoms with Crippen LogP contribution in [-0.4, -0.2) is 34.2 Å². The molecule has 0 saturated carbocycles. The van der Waals surface area contributed by atoms with E-state index in [1.807, 2.05) is 54.1 Å². The standard InChI is InChI=1S/C20H27N3O2/c1-4-11-25-16-8-5-7-15(12-16)13-20(24)22(2)18-9-6-10-19-17(18)14-21-23(19)3/h5,7-8,12,14,18H,4,6,9-11,13H2,1-3H3. The summed E-state index contributed by atoms with van der Waals surface area (Å²) in [6, 6.07) is 7.98. The monoisotopic (exact) mass is 341 g/mol. The molecule has 1 aliphatic carbocycles. The third-order valence-corrected chi connectivity index (χ3v) is 4.93. The molecular formula is C20H27N3O2. The lowest BCUT2D eigenvalue weighted by Crippen LogP contribution is -2.34. The number of hydrogen-bond donors (Lipinski definition) is 0. The van der Waals surface area contributed by atoms with Gasteiger partial charge in [0.15, 0.2) is 0 Å². The van der Waals surface area contributed by atoms with Crippen molar-refractivity contribution in [2.45, 2.75) is 45.1 Å². The molecule has 3 rings (SSSR count). The van der Waals surface area contributed by atoms with Gasteiger partial charge in [-0.1, -0.05) is 19.1 Å². The average Bonchev–Trinajstić information content (AvgIpc) is 3.01. The van der Waals surface area contributed by atoms with Crippen LogP contribution in [-0.2, 0) is 24.7 Å². The van der Waals surface area contributed by atoms with Gasteiger partial charge in [0, 0.05) is 25.4 Å². The topological polar surface area (TPSA) is 47.4 Å². The predicted molar refractivity (Wildman–Crippen MR) is 97.6 cm³/mol. The van der Waals surface area contributed by atoms with Gasteiger partial charge in [0.2, 0.25) is 5.91 Å². The number of ether oxygens (including phenoxy) is 1. The maximum atomic E-state index is 12.8. The van der Waals surface area contributed by atoms with Gasteiger partial charge in [0.05, 0.1) is 25.3 Å². The highest BCUT2D eigenvalue weighted by Crippen LogP contribution is 2.33. The van der Waals surface area contributed by atoms with E-state index in [-0.39, 0.29) is 11.9 Å². The number of aryl methyl sites for hydroxylation is 1. The first kappa shape index (κ1) is 17.5. The number of likely N-dealkylation sites (N-methyl/N-ethyl adjacent to an activating group) is 1. The Labute approximate surface area is 149 Å². The highest BCUT2D eigenvalue weighted by atomic mass is 16.5. The molecule has 5 heteroatoms. The summed E-state index contributed by atoms with van der Waals surface area (Å²) < 4.78 is 7.61. The van der Waals surface area contributed by atoms with Crippen molar-refractivity contribution >= 4 is 5.91 Å². The van der Waals surface area contributed by atoms with E-state index < -0.39 is 0 Å². The summed E-state index contributed by atoms with van der Waals surface area (Å²) in [5.41, 5.74) is 3.45. The number of nitrogens with zero attached hydrogens (tertiary/aromatic N) is 3. The molecule has 0 spiro atoms. The van der Waals surface area contributed by atoms with Gasteiger partial charge < -0.3 is 9.64 Å². The van der Waals surface area contributed by atoms with Gasteiger partial charge in [-0.15, -0.1) is 0 Å². The van der Waals surface area contributed by atoms with Crippen LogP contribution in [0.2, 0.25) is 0 Å².